The van der Waals surface area contributed by atoms with E-state index in [9.17, 15) is 8.42 Å². The van der Waals surface area contributed by atoms with Crippen LogP contribution in [0.4, 0.5) is 0 Å². The van der Waals surface area contributed by atoms with E-state index >= 15 is 0 Å². The normalized spacial score (nSPS) is 19.6. The van der Waals surface area contributed by atoms with Gasteiger partial charge in [-0.25, -0.2) is 4.72 Å². The van der Waals surface area contributed by atoms with E-state index in [-0.39, 0.29) is 0 Å². The monoisotopic (exact) mass is 278 g/mol. The lowest BCUT2D eigenvalue weighted by atomic mass is 9.98. The molecule has 0 unspecified atom stereocenters. The van der Waals surface area contributed by atoms with Gasteiger partial charge < -0.3 is 10.2 Å². The SMILES string of the molecule is CNCC1CCN(S(=O)(=O)NCCN(C)C)CC1. The number of likely N-dealkylation sites (N-methyl/N-ethyl adjacent to an activating group) is 1. The van der Waals surface area contributed by atoms with Crippen molar-refractivity contribution in [3.05, 3.63) is 0 Å². The highest BCUT2D eigenvalue weighted by Gasteiger charge is 2.27. The number of hydrogen-bond acceptors (Lipinski definition) is 4. The highest BCUT2D eigenvalue weighted by molar-refractivity contribution is 7.87. The van der Waals surface area contributed by atoms with Gasteiger partial charge in [-0.1, -0.05) is 0 Å². The van der Waals surface area contributed by atoms with Crippen LogP contribution in [0, 0.1) is 5.92 Å². The molecule has 0 radical (unpaired) electrons. The highest BCUT2D eigenvalue weighted by atomic mass is 32.2. The number of nitrogens with zero attached hydrogens (tertiary/aromatic N) is 2. The third-order valence-electron chi connectivity index (χ3n) is 3.25. The second-order valence-electron chi connectivity index (χ2n) is 5.10. The summed E-state index contributed by atoms with van der Waals surface area (Å²) in [6.45, 7) is 3.41. The maximum atomic E-state index is 12.0. The van der Waals surface area contributed by atoms with Crippen LogP contribution in [0.5, 0.6) is 0 Å². The van der Waals surface area contributed by atoms with E-state index in [2.05, 4.69) is 10.0 Å². The fourth-order valence-corrected chi connectivity index (χ4v) is 3.36. The standard InChI is InChI=1S/C11H26N4O2S/c1-12-10-11-4-7-15(8-5-11)18(16,17)13-6-9-14(2)3/h11-13H,4-10H2,1-3H3. The zero-order valence-electron chi connectivity index (χ0n) is 11.6. The lowest BCUT2D eigenvalue weighted by Gasteiger charge is -2.31. The third-order valence-corrected chi connectivity index (χ3v) is 4.86. The van der Waals surface area contributed by atoms with Gasteiger partial charge in [0.1, 0.15) is 0 Å². The summed E-state index contributed by atoms with van der Waals surface area (Å²) < 4.78 is 28.2. The maximum Gasteiger partial charge on any atom is 0.279 e. The molecule has 1 fully saturated rings. The minimum atomic E-state index is -3.28. The van der Waals surface area contributed by atoms with E-state index in [1.165, 1.54) is 0 Å². The number of hydrogen-bond donors (Lipinski definition) is 2. The van der Waals surface area contributed by atoms with Crippen molar-refractivity contribution in [1.82, 2.24) is 19.2 Å². The van der Waals surface area contributed by atoms with Gasteiger partial charge in [0, 0.05) is 26.2 Å². The van der Waals surface area contributed by atoms with Crippen LogP contribution in [-0.4, -0.2) is 71.5 Å². The van der Waals surface area contributed by atoms with Gasteiger partial charge in [-0.2, -0.15) is 12.7 Å². The topological polar surface area (TPSA) is 64.7 Å². The summed E-state index contributed by atoms with van der Waals surface area (Å²) in [5.41, 5.74) is 0. The molecule has 0 aromatic heterocycles. The van der Waals surface area contributed by atoms with Gasteiger partial charge in [-0.3, -0.25) is 0 Å². The summed E-state index contributed by atoms with van der Waals surface area (Å²) in [5, 5.41) is 3.15. The molecule has 0 aliphatic carbocycles. The lowest BCUT2D eigenvalue weighted by molar-refractivity contribution is 0.267. The Hall–Kier alpha value is -0.210. The molecule has 1 aliphatic heterocycles. The van der Waals surface area contributed by atoms with Crippen molar-refractivity contribution in [2.45, 2.75) is 12.8 Å². The molecule has 6 nitrogen and oxygen atoms in total. The highest BCUT2D eigenvalue weighted by Crippen LogP contribution is 2.18. The molecule has 0 spiro atoms. The number of rotatable bonds is 7. The smallest absolute Gasteiger partial charge is 0.279 e. The molecule has 108 valence electrons. The minimum Gasteiger partial charge on any atom is -0.319 e. The molecule has 0 amide bonds. The zero-order chi connectivity index (χ0) is 13.6. The first-order chi connectivity index (χ1) is 8.45. The molecular formula is C11H26N4O2S. The van der Waals surface area contributed by atoms with Gasteiger partial charge in [0.2, 0.25) is 0 Å². The van der Waals surface area contributed by atoms with Crippen molar-refractivity contribution >= 4 is 10.2 Å². The summed E-state index contributed by atoms with van der Waals surface area (Å²) in [6, 6.07) is 0. The second-order valence-corrected chi connectivity index (χ2v) is 6.86. The molecule has 0 aromatic rings. The van der Waals surface area contributed by atoms with E-state index in [4.69, 9.17) is 0 Å². The van der Waals surface area contributed by atoms with Crippen LogP contribution < -0.4 is 10.0 Å². The molecule has 0 atom stereocenters. The Kier molecular flexibility index (Phi) is 6.51. The molecule has 0 bridgehead atoms. The largest absolute Gasteiger partial charge is 0.319 e. The fourth-order valence-electron chi connectivity index (χ4n) is 2.13. The summed E-state index contributed by atoms with van der Waals surface area (Å²) in [4.78, 5) is 1.96. The van der Waals surface area contributed by atoms with E-state index < -0.39 is 10.2 Å². The Balaban J connectivity index is 2.36. The minimum absolute atomic E-state index is 0.464. The second kappa shape index (κ2) is 7.40. The molecule has 1 saturated heterocycles. The first-order valence-electron chi connectivity index (χ1n) is 6.49. The first kappa shape index (κ1) is 15.8. The van der Waals surface area contributed by atoms with Crippen LogP contribution in [-0.2, 0) is 10.2 Å². The molecule has 0 saturated carbocycles. The van der Waals surface area contributed by atoms with Gasteiger partial charge in [-0.05, 0) is 46.4 Å². The van der Waals surface area contributed by atoms with Crippen LogP contribution >= 0.6 is 0 Å². The van der Waals surface area contributed by atoms with Gasteiger partial charge in [-0.15, -0.1) is 0 Å². The Labute approximate surface area is 111 Å². The summed E-state index contributed by atoms with van der Waals surface area (Å²) in [6.07, 6.45) is 1.88. The number of nitrogens with one attached hydrogen (secondary N) is 2. The maximum absolute atomic E-state index is 12.0. The van der Waals surface area contributed by atoms with Crippen molar-refractivity contribution in [3.8, 4) is 0 Å². The average Bonchev–Trinajstić information content (AvgIpc) is 2.29. The van der Waals surface area contributed by atoms with Crippen LogP contribution in [0.15, 0.2) is 0 Å². The fraction of sp³-hybridized carbons (Fsp3) is 1.00. The quantitative estimate of drug-likeness (QED) is 0.647. The van der Waals surface area contributed by atoms with E-state index in [1.807, 2.05) is 26.0 Å². The van der Waals surface area contributed by atoms with Gasteiger partial charge in [0.15, 0.2) is 0 Å². The van der Waals surface area contributed by atoms with Crippen LogP contribution in [0.25, 0.3) is 0 Å². The van der Waals surface area contributed by atoms with Crippen LogP contribution in [0.1, 0.15) is 12.8 Å². The lowest BCUT2D eigenvalue weighted by Crippen LogP contribution is -2.47. The molecule has 1 aliphatic rings. The van der Waals surface area contributed by atoms with Crippen molar-refractivity contribution in [2.75, 3.05) is 53.9 Å². The predicted octanol–water partition coefficient (Wildman–Crippen LogP) is -0.686. The van der Waals surface area contributed by atoms with Crippen LogP contribution in [0.3, 0.4) is 0 Å². The van der Waals surface area contributed by atoms with Crippen molar-refractivity contribution < 1.29 is 8.42 Å². The Morgan fingerprint density at radius 2 is 1.89 bits per heavy atom. The van der Waals surface area contributed by atoms with E-state index in [0.717, 1.165) is 25.9 Å². The van der Waals surface area contributed by atoms with E-state index in [1.54, 1.807) is 4.31 Å². The molecule has 7 heteroatoms. The molecule has 2 N–H and O–H groups in total. The van der Waals surface area contributed by atoms with Gasteiger partial charge in [0.05, 0.1) is 0 Å². The Morgan fingerprint density at radius 1 is 1.28 bits per heavy atom. The van der Waals surface area contributed by atoms with Crippen molar-refractivity contribution in [2.24, 2.45) is 5.92 Å². The Morgan fingerprint density at radius 3 is 2.39 bits per heavy atom. The average molecular weight is 278 g/mol. The zero-order valence-corrected chi connectivity index (χ0v) is 12.5. The molecule has 0 aromatic carbocycles. The predicted molar refractivity (Wildman–Crippen MR) is 73.7 cm³/mol. The van der Waals surface area contributed by atoms with Gasteiger partial charge >= 0.3 is 0 Å². The van der Waals surface area contributed by atoms with Crippen LogP contribution in [0.2, 0.25) is 0 Å². The van der Waals surface area contributed by atoms with E-state index in [0.29, 0.717) is 25.6 Å². The van der Waals surface area contributed by atoms with Gasteiger partial charge in [0.25, 0.3) is 10.2 Å². The molecule has 1 heterocycles. The molecule has 1 rings (SSSR count). The summed E-state index contributed by atoms with van der Waals surface area (Å²) >= 11 is 0. The number of piperidine rings is 1. The summed E-state index contributed by atoms with van der Waals surface area (Å²) in [5.74, 6) is 0.600. The summed E-state index contributed by atoms with van der Waals surface area (Å²) in [7, 11) is 2.51. The van der Waals surface area contributed by atoms with Crippen molar-refractivity contribution in [3.63, 3.8) is 0 Å². The molecular weight excluding hydrogens is 252 g/mol. The first-order valence-corrected chi connectivity index (χ1v) is 7.94. The third kappa shape index (κ3) is 5.19. The van der Waals surface area contributed by atoms with Crippen molar-refractivity contribution in [1.29, 1.82) is 0 Å². The Bertz CT molecular complexity index is 324. The molecule has 18 heavy (non-hydrogen) atoms.